The predicted octanol–water partition coefficient (Wildman–Crippen LogP) is 3.80. The van der Waals surface area contributed by atoms with Crippen molar-refractivity contribution in [1.82, 2.24) is 9.97 Å². The first kappa shape index (κ1) is 18.2. The van der Waals surface area contributed by atoms with Crippen LogP contribution in [0.4, 0.5) is 17.2 Å². The molecule has 7 nitrogen and oxygen atoms in total. The molecule has 1 aromatic heterocycles. The molecule has 7 heteroatoms. The average molecular weight is 364 g/mol. The Morgan fingerprint density at radius 1 is 1.00 bits per heavy atom. The van der Waals surface area contributed by atoms with E-state index in [0.29, 0.717) is 28.7 Å². The van der Waals surface area contributed by atoms with Crippen LogP contribution in [0.1, 0.15) is 16.1 Å². The second-order valence-corrected chi connectivity index (χ2v) is 5.80. The zero-order valence-corrected chi connectivity index (χ0v) is 15.3. The number of hydrogen-bond acceptors (Lipinski definition) is 6. The summed E-state index contributed by atoms with van der Waals surface area (Å²) >= 11 is 0. The van der Waals surface area contributed by atoms with Crippen LogP contribution in [0, 0.1) is 6.92 Å². The van der Waals surface area contributed by atoms with Crippen LogP contribution in [-0.2, 0) is 0 Å². The summed E-state index contributed by atoms with van der Waals surface area (Å²) < 4.78 is 10.5. The molecule has 1 heterocycles. The fourth-order valence-electron chi connectivity index (χ4n) is 2.48. The second kappa shape index (κ2) is 8.18. The lowest BCUT2D eigenvalue weighted by Gasteiger charge is -2.12. The standard InChI is InChI=1S/C20H20N4O3/c1-13-5-4-6-14(9-13)23-20(25)17-11-22-19(12-21-17)24-16-10-15(26-2)7-8-18(16)27-3/h4-12H,1-3H3,(H,22,24)(H,23,25). The lowest BCUT2D eigenvalue weighted by molar-refractivity contribution is 0.102. The van der Waals surface area contributed by atoms with Gasteiger partial charge in [0, 0.05) is 11.8 Å². The molecule has 0 spiro atoms. The van der Waals surface area contributed by atoms with E-state index in [9.17, 15) is 4.79 Å². The van der Waals surface area contributed by atoms with Crippen LogP contribution in [0.15, 0.2) is 54.9 Å². The average Bonchev–Trinajstić information content (AvgIpc) is 2.68. The molecule has 0 atom stereocenters. The van der Waals surface area contributed by atoms with Crippen molar-refractivity contribution in [1.29, 1.82) is 0 Å². The molecule has 0 radical (unpaired) electrons. The van der Waals surface area contributed by atoms with Crippen molar-refractivity contribution in [2.45, 2.75) is 6.92 Å². The normalized spacial score (nSPS) is 10.2. The van der Waals surface area contributed by atoms with E-state index < -0.39 is 0 Å². The summed E-state index contributed by atoms with van der Waals surface area (Å²) in [5, 5.41) is 5.91. The molecule has 0 bridgehead atoms. The summed E-state index contributed by atoms with van der Waals surface area (Å²) in [5.74, 6) is 1.48. The minimum Gasteiger partial charge on any atom is -0.497 e. The van der Waals surface area contributed by atoms with Crippen molar-refractivity contribution in [3.63, 3.8) is 0 Å². The molecule has 0 aliphatic carbocycles. The number of carbonyl (C=O) groups is 1. The number of anilines is 3. The molecule has 1 amide bonds. The Hall–Kier alpha value is -3.61. The van der Waals surface area contributed by atoms with Crippen LogP contribution in [0.25, 0.3) is 0 Å². The highest BCUT2D eigenvalue weighted by Crippen LogP contribution is 2.30. The van der Waals surface area contributed by atoms with E-state index in [4.69, 9.17) is 9.47 Å². The van der Waals surface area contributed by atoms with Crippen molar-refractivity contribution in [2.75, 3.05) is 24.9 Å². The number of amides is 1. The maximum Gasteiger partial charge on any atom is 0.275 e. The first-order valence-electron chi connectivity index (χ1n) is 8.28. The molecule has 2 aromatic carbocycles. The smallest absolute Gasteiger partial charge is 0.275 e. The molecular formula is C20H20N4O3. The van der Waals surface area contributed by atoms with E-state index in [2.05, 4.69) is 20.6 Å². The lowest BCUT2D eigenvalue weighted by Crippen LogP contribution is -2.14. The van der Waals surface area contributed by atoms with Crippen molar-refractivity contribution in [3.05, 3.63) is 66.1 Å². The van der Waals surface area contributed by atoms with Gasteiger partial charge in [-0.3, -0.25) is 4.79 Å². The fraction of sp³-hybridized carbons (Fsp3) is 0.150. The Morgan fingerprint density at radius 3 is 2.52 bits per heavy atom. The van der Waals surface area contributed by atoms with E-state index in [1.165, 1.54) is 12.4 Å². The summed E-state index contributed by atoms with van der Waals surface area (Å²) in [4.78, 5) is 20.7. The van der Waals surface area contributed by atoms with E-state index >= 15 is 0 Å². The summed E-state index contributed by atoms with van der Waals surface area (Å²) in [6.07, 6.45) is 2.91. The van der Waals surface area contributed by atoms with Crippen LogP contribution in [0.5, 0.6) is 11.5 Å². The zero-order chi connectivity index (χ0) is 19.2. The quantitative estimate of drug-likeness (QED) is 0.692. The summed E-state index contributed by atoms with van der Waals surface area (Å²) in [7, 11) is 3.17. The minimum absolute atomic E-state index is 0.222. The molecule has 138 valence electrons. The van der Waals surface area contributed by atoms with Gasteiger partial charge >= 0.3 is 0 Å². The van der Waals surface area contributed by atoms with Gasteiger partial charge in [-0.05, 0) is 36.8 Å². The first-order chi connectivity index (χ1) is 13.1. The highest BCUT2D eigenvalue weighted by molar-refractivity contribution is 6.02. The third-order valence-corrected chi connectivity index (χ3v) is 3.83. The van der Waals surface area contributed by atoms with Gasteiger partial charge in [0.05, 0.1) is 32.3 Å². The molecule has 0 saturated heterocycles. The van der Waals surface area contributed by atoms with Gasteiger partial charge in [-0.25, -0.2) is 9.97 Å². The van der Waals surface area contributed by atoms with E-state index in [0.717, 1.165) is 5.56 Å². The molecule has 0 aliphatic heterocycles. The SMILES string of the molecule is COc1ccc(OC)c(Nc2cnc(C(=O)Nc3cccc(C)c3)cn2)c1. The van der Waals surface area contributed by atoms with E-state index in [1.807, 2.05) is 31.2 Å². The van der Waals surface area contributed by atoms with Crippen molar-refractivity contribution < 1.29 is 14.3 Å². The number of hydrogen-bond donors (Lipinski definition) is 2. The first-order valence-corrected chi connectivity index (χ1v) is 8.28. The van der Waals surface area contributed by atoms with Gasteiger partial charge in [0.15, 0.2) is 0 Å². The number of aromatic nitrogens is 2. The fourth-order valence-corrected chi connectivity index (χ4v) is 2.48. The van der Waals surface area contributed by atoms with Crippen LogP contribution in [-0.4, -0.2) is 30.1 Å². The molecule has 0 unspecified atom stereocenters. The number of nitrogens with zero attached hydrogens (tertiary/aromatic N) is 2. The molecule has 3 rings (SSSR count). The molecular weight excluding hydrogens is 344 g/mol. The number of carbonyl (C=O) groups excluding carboxylic acids is 1. The van der Waals surface area contributed by atoms with Gasteiger partial charge in [-0.1, -0.05) is 12.1 Å². The molecule has 3 aromatic rings. The highest BCUT2D eigenvalue weighted by atomic mass is 16.5. The minimum atomic E-state index is -0.321. The van der Waals surface area contributed by atoms with Crippen LogP contribution >= 0.6 is 0 Å². The number of ether oxygens (including phenoxy) is 2. The van der Waals surface area contributed by atoms with Crippen molar-refractivity contribution in [2.24, 2.45) is 0 Å². The summed E-state index contributed by atoms with van der Waals surface area (Å²) in [6, 6.07) is 12.9. The third-order valence-electron chi connectivity index (χ3n) is 3.83. The lowest BCUT2D eigenvalue weighted by atomic mass is 10.2. The third kappa shape index (κ3) is 4.52. The van der Waals surface area contributed by atoms with Gasteiger partial charge in [-0.2, -0.15) is 0 Å². The number of methoxy groups -OCH3 is 2. The topological polar surface area (TPSA) is 85.4 Å². The monoisotopic (exact) mass is 364 g/mol. The molecule has 27 heavy (non-hydrogen) atoms. The van der Waals surface area contributed by atoms with Gasteiger partial charge in [-0.15, -0.1) is 0 Å². The maximum atomic E-state index is 12.3. The number of rotatable bonds is 6. The van der Waals surface area contributed by atoms with Crippen LogP contribution in [0.2, 0.25) is 0 Å². The maximum absolute atomic E-state index is 12.3. The van der Waals surface area contributed by atoms with Gasteiger partial charge in [0.1, 0.15) is 23.0 Å². The predicted molar refractivity (Wildman–Crippen MR) is 104 cm³/mol. The van der Waals surface area contributed by atoms with Crippen LogP contribution < -0.4 is 20.1 Å². The molecule has 0 saturated carbocycles. The Labute approximate surface area is 157 Å². The Bertz CT molecular complexity index is 942. The number of aryl methyl sites for hydroxylation is 1. The van der Waals surface area contributed by atoms with Crippen molar-refractivity contribution in [3.8, 4) is 11.5 Å². The van der Waals surface area contributed by atoms with E-state index in [-0.39, 0.29) is 11.6 Å². The van der Waals surface area contributed by atoms with Gasteiger partial charge in [0.2, 0.25) is 0 Å². The van der Waals surface area contributed by atoms with Crippen molar-refractivity contribution >= 4 is 23.1 Å². The number of benzene rings is 2. The highest BCUT2D eigenvalue weighted by Gasteiger charge is 2.10. The van der Waals surface area contributed by atoms with E-state index in [1.54, 1.807) is 32.4 Å². The number of nitrogens with one attached hydrogen (secondary N) is 2. The van der Waals surface area contributed by atoms with Gasteiger partial charge < -0.3 is 20.1 Å². The Kier molecular flexibility index (Phi) is 5.51. The summed E-state index contributed by atoms with van der Waals surface area (Å²) in [5.41, 5.74) is 2.68. The molecule has 0 aliphatic rings. The molecule has 2 N–H and O–H groups in total. The summed E-state index contributed by atoms with van der Waals surface area (Å²) in [6.45, 7) is 1.96. The molecule has 0 fully saturated rings. The Morgan fingerprint density at radius 2 is 1.85 bits per heavy atom. The van der Waals surface area contributed by atoms with Gasteiger partial charge in [0.25, 0.3) is 5.91 Å². The zero-order valence-electron chi connectivity index (χ0n) is 15.3. The van der Waals surface area contributed by atoms with Crippen LogP contribution in [0.3, 0.4) is 0 Å². The second-order valence-electron chi connectivity index (χ2n) is 5.80. The Balaban J connectivity index is 1.73. The largest absolute Gasteiger partial charge is 0.497 e.